The van der Waals surface area contributed by atoms with Crippen LogP contribution in [0.3, 0.4) is 0 Å². The zero-order chi connectivity index (χ0) is 9.40. The first-order valence-electron chi connectivity index (χ1n) is 4.37. The van der Waals surface area contributed by atoms with Gasteiger partial charge in [0.2, 0.25) is 5.91 Å². The van der Waals surface area contributed by atoms with Crippen molar-refractivity contribution in [3.8, 4) is 0 Å². The molecule has 0 radical (unpaired) electrons. The topological polar surface area (TPSA) is 46.2 Å². The highest BCUT2D eigenvalue weighted by Crippen LogP contribution is 2.02. The zero-order valence-corrected chi connectivity index (χ0v) is 7.80. The van der Waals surface area contributed by atoms with E-state index < -0.39 is 0 Å². The van der Waals surface area contributed by atoms with Crippen LogP contribution in [0.1, 0.15) is 33.1 Å². The molecule has 12 heavy (non-hydrogen) atoms. The van der Waals surface area contributed by atoms with Gasteiger partial charge < -0.3 is 10.1 Å². The minimum atomic E-state index is 0.0468. The summed E-state index contributed by atoms with van der Waals surface area (Å²) in [5, 5.41) is 2.67. The maximum atomic E-state index is 11.0. The van der Waals surface area contributed by atoms with E-state index in [1.807, 2.05) is 0 Å². The molecule has 70 valence electrons. The smallest absolute Gasteiger partial charge is 0.220 e. The van der Waals surface area contributed by atoms with Gasteiger partial charge in [0.05, 0.1) is 0 Å². The van der Waals surface area contributed by atoms with Gasteiger partial charge in [0.25, 0.3) is 0 Å². The van der Waals surface area contributed by atoms with Crippen molar-refractivity contribution in [3.05, 3.63) is 0 Å². The van der Waals surface area contributed by atoms with Crippen LogP contribution in [0.15, 0.2) is 0 Å². The predicted octanol–water partition coefficient (Wildman–Crippen LogP) is 1.13. The molecule has 0 unspecified atom stereocenters. The number of hydrogen-bond acceptors (Lipinski definition) is 2. The lowest BCUT2D eigenvalue weighted by Gasteiger charge is -2.04. The second-order valence-electron chi connectivity index (χ2n) is 3.24. The Bertz CT molecular complexity index is 143. The molecule has 0 aliphatic rings. The van der Waals surface area contributed by atoms with E-state index in [-0.39, 0.29) is 5.91 Å². The maximum Gasteiger partial charge on any atom is 0.220 e. The summed E-state index contributed by atoms with van der Waals surface area (Å²) in [7, 11) is 0. The summed E-state index contributed by atoms with van der Waals surface area (Å²) in [5.41, 5.74) is 0. The van der Waals surface area contributed by atoms with Gasteiger partial charge in [-0.25, -0.2) is 0 Å². The third-order valence-corrected chi connectivity index (χ3v) is 1.53. The van der Waals surface area contributed by atoms with Gasteiger partial charge in [-0.2, -0.15) is 0 Å². The quantitative estimate of drug-likeness (QED) is 0.481. The molecule has 1 N–H and O–H groups in total. The van der Waals surface area contributed by atoms with Crippen molar-refractivity contribution in [2.45, 2.75) is 33.1 Å². The van der Waals surface area contributed by atoms with Crippen molar-refractivity contribution in [3.63, 3.8) is 0 Å². The number of hydrogen-bond donors (Lipinski definition) is 1. The van der Waals surface area contributed by atoms with Crippen molar-refractivity contribution in [1.82, 2.24) is 5.32 Å². The lowest BCUT2D eigenvalue weighted by molar-refractivity contribution is -0.121. The fourth-order valence-electron chi connectivity index (χ4n) is 0.779. The molecule has 0 rings (SSSR count). The van der Waals surface area contributed by atoms with Crippen molar-refractivity contribution in [1.29, 1.82) is 0 Å². The van der Waals surface area contributed by atoms with E-state index in [9.17, 15) is 9.59 Å². The summed E-state index contributed by atoms with van der Waals surface area (Å²) in [6.07, 6.45) is 2.69. The molecule has 0 aromatic carbocycles. The molecule has 3 heteroatoms. The Hall–Kier alpha value is -0.860. The molecular weight excluding hydrogens is 154 g/mol. The second kappa shape index (κ2) is 6.83. The predicted molar refractivity (Wildman–Crippen MR) is 47.8 cm³/mol. The highest BCUT2D eigenvalue weighted by atomic mass is 16.1. The van der Waals surface area contributed by atoms with Crippen LogP contribution in [0.4, 0.5) is 0 Å². The monoisotopic (exact) mass is 171 g/mol. The molecule has 0 aromatic heterocycles. The second-order valence-corrected chi connectivity index (χ2v) is 3.24. The fourth-order valence-corrected chi connectivity index (χ4v) is 0.779. The Morgan fingerprint density at radius 3 is 2.67 bits per heavy atom. The van der Waals surface area contributed by atoms with Gasteiger partial charge in [-0.15, -0.1) is 0 Å². The van der Waals surface area contributed by atoms with Crippen LogP contribution in [0.25, 0.3) is 0 Å². The first-order valence-corrected chi connectivity index (χ1v) is 4.37. The summed E-state index contributed by atoms with van der Waals surface area (Å²) in [5.74, 6) is 0.604. The van der Waals surface area contributed by atoms with Gasteiger partial charge in [0.15, 0.2) is 0 Å². The molecular formula is C9H17NO2. The van der Waals surface area contributed by atoms with Crippen LogP contribution in [-0.4, -0.2) is 18.7 Å². The Balaban J connectivity index is 3.27. The highest BCUT2D eigenvalue weighted by molar-refractivity contribution is 5.76. The molecule has 0 aromatic rings. The van der Waals surface area contributed by atoms with E-state index in [1.165, 1.54) is 0 Å². The first kappa shape index (κ1) is 11.1. The third-order valence-electron chi connectivity index (χ3n) is 1.53. The molecule has 0 atom stereocenters. The molecule has 0 bridgehead atoms. The van der Waals surface area contributed by atoms with Gasteiger partial charge in [-0.05, 0) is 12.3 Å². The fraction of sp³-hybridized carbons (Fsp3) is 0.778. The van der Waals surface area contributed by atoms with E-state index in [4.69, 9.17) is 0 Å². The number of nitrogens with one attached hydrogen (secondary N) is 1. The molecule has 0 saturated heterocycles. The first-order chi connectivity index (χ1) is 5.66. The molecule has 0 aliphatic heterocycles. The Morgan fingerprint density at radius 2 is 2.17 bits per heavy atom. The van der Waals surface area contributed by atoms with Crippen LogP contribution < -0.4 is 5.32 Å². The van der Waals surface area contributed by atoms with E-state index in [0.717, 1.165) is 12.7 Å². The minimum absolute atomic E-state index is 0.0468. The number of amides is 1. The van der Waals surface area contributed by atoms with Crippen LogP contribution >= 0.6 is 0 Å². The van der Waals surface area contributed by atoms with Crippen molar-refractivity contribution >= 4 is 12.2 Å². The Morgan fingerprint density at radius 1 is 1.50 bits per heavy atom. The number of carbonyl (C=O) groups is 2. The van der Waals surface area contributed by atoms with Crippen molar-refractivity contribution in [2.75, 3.05) is 6.54 Å². The number of rotatable bonds is 6. The van der Waals surface area contributed by atoms with E-state index in [1.54, 1.807) is 0 Å². The normalized spacial score (nSPS) is 9.92. The van der Waals surface area contributed by atoms with Crippen LogP contribution in [0.5, 0.6) is 0 Å². The molecule has 0 aliphatic carbocycles. The van der Waals surface area contributed by atoms with E-state index in [0.29, 0.717) is 25.3 Å². The maximum absolute atomic E-state index is 11.0. The van der Waals surface area contributed by atoms with Crippen LogP contribution in [-0.2, 0) is 9.59 Å². The largest absolute Gasteiger partial charge is 0.356 e. The molecule has 0 heterocycles. The summed E-state index contributed by atoms with van der Waals surface area (Å²) in [6, 6.07) is 0. The minimum Gasteiger partial charge on any atom is -0.356 e. The lowest BCUT2D eigenvalue weighted by atomic mass is 10.1. The van der Waals surface area contributed by atoms with Crippen LogP contribution in [0.2, 0.25) is 0 Å². The highest BCUT2D eigenvalue weighted by Gasteiger charge is 2.01. The standard InChI is InChI=1S/C9H17NO2/c1-8(2)4-5-9(12)10-6-3-7-11/h7-8H,3-6H2,1-2H3,(H,10,12). The lowest BCUT2D eigenvalue weighted by Crippen LogP contribution is -2.24. The Kier molecular flexibility index (Phi) is 6.34. The average Bonchev–Trinajstić information content (AvgIpc) is 2.01. The molecule has 0 spiro atoms. The van der Waals surface area contributed by atoms with Gasteiger partial charge >= 0.3 is 0 Å². The summed E-state index contributed by atoms with van der Waals surface area (Å²) >= 11 is 0. The van der Waals surface area contributed by atoms with Gasteiger partial charge in [0.1, 0.15) is 6.29 Å². The van der Waals surface area contributed by atoms with Gasteiger partial charge in [-0.3, -0.25) is 4.79 Å². The van der Waals surface area contributed by atoms with Gasteiger partial charge in [-0.1, -0.05) is 13.8 Å². The zero-order valence-electron chi connectivity index (χ0n) is 7.80. The van der Waals surface area contributed by atoms with Crippen LogP contribution in [0, 0.1) is 5.92 Å². The van der Waals surface area contributed by atoms with Crippen molar-refractivity contribution < 1.29 is 9.59 Å². The molecule has 3 nitrogen and oxygen atoms in total. The molecule has 1 amide bonds. The van der Waals surface area contributed by atoms with E-state index >= 15 is 0 Å². The summed E-state index contributed by atoms with van der Waals surface area (Å²) < 4.78 is 0. The SMILES string of the molecule is CC(C)CCC(=O)NCCC=O. The summed E-state index contributed by atoms with van der Waals surface area (Å²) in [6.45, 7) is 4.64. The van der Waals surface area contributed by atoms with Gasteiger partial charge in [0, 0.05) is 19.4 Å². The van der Waals surface area contributed by atoms with Crippen molar-refractivity contribution in [2.24, 2.45) is 5.92 Å². The molecule has 0 fully saturated rings. The Labute approximate surface area is 73.5 Å². The molecule has 0 saturated carbocycles. The number of carbonyl (C=O) groups excluding carboxylic acids is 2. The number of aldehydes is 1. The third kappa shape index (κ3) is 7.25. The summed E-state index contributed by atoms with van der Waals surface area (Å²) in [4.78, 5) is 20.9. The average molecular weight is 171 g/mol. The van der Waals surface area contributed by atoms with E-state index in [2.05, 4.69) is 19.2 Å².